The van der Waals surface area contributed by atoms with Crippen LogP contribution in [0.3, 0.4) is 0 Å². The van der Waals surface area contributed by atoms with Crippen LogP contribution in [0.1, 0.15) is 64.1 Å². The van der Waals surface area contributed by atoms with Gasteiger partial charge in [0.1, 0.15) is 24.3 Å². The number of aldehydes is 1. The molecule has 0 N–H and O–H groups in total. The molecular formula is C26H27BrF3N5O2S. The van der Waals surface area contributed by atoms with E-state index in [0.29, 0.717) is 44.5 Å². The molecule has 38 heavy (non-hydrogen) atoms. The lowest BCUT2D eigenvalue weighted by atomic mass is 9.96. The van der Waals surface area contributed by atoms with Crippen molar-refractivity contribution in [2.45, 2.75) is 64.3 Å². The van der Waals surface area contributed by atoms with Crippen LogP contribution in [0.4, 0.5) is 18.9 Å². The molecule has 7 nitrogen and oxygen atoms in total. The highest BCUT2D eigenvalue weighted by Crippen LogP contribution is 2.41. The molecule has 1 aromatic carbocycles. The Kier molecular flexibility index (Phi) is 7.90. The van der Waals surface area contributed by atoms with Gasteiger partial charge in [0.2, 0.25) is 0 Å². The van der Waals surface area contributed by atoms with Gasteiger partial charge in [0.05, 0.1) is 22.9 Å². The summed E-state index contributed by atoms with van der Waals surface area (Å²) in [4.78, 5) is 24.5. The van der Waals surface area contributed by atoms with Gasteiger partial charge < -0.3 is 14.5 Å². The highest BCUT2D eigenvalue weighted by atomic mass is 79.9. The Labute approximate surface area is 230 Å². The van der Waals surface area contributed by atoms with Gasteiger partial charge in [0.15, 0.2) is 5.69 Å². The summed E-state index contributed by atoms with van der Waals surface area (Å²) in [6, 6.07) is 7.89. The fourth-order valence-corrected chi connectivity index (χ4v) is 6.60. The Morgan fingerprint density at radius 2 is 1.95 bits per heavy atom. The van der Waals surface area contributed by atoms with Gasteiger partial charge in [-0.15, -0.1) is 11.3 Å². The molecule has 3 aromatic rings. The van der Waals surface area contributed by atoms with E-state index >= 15 is 0 Å². The van der Waals surface area contributed by atoms with Crippen molar-refractivity contribution in [1.82, 2.24) is 14.8 Å². The van der Waals surface area contributed by atoms with Gasteiger partial charge in [-0.2, -0.15) is 18.3 Å². The molecule has 0 saturated carbocycles. The van der Waals surface area contributed by atoms with Crippen LogP contribution in [0.2, 0.25) is 0 Å². The first-order chi connectivity index (χ1) is 18.2. The summed E-state index contributed by atoms with van der Waals surface area (Å²) >= 11 is 5.12. The minimum atomic E-state index is -4.59. The quantitative estimate of drug-likeness (QED) is 0.233. The van der Waals surface area contributed by atoms with Crippen molar-refractivity contribution >= 4 is 45.0 Å². The van der Waals surface area contributed by atoms with E-state index in [1.54, 1.807) is 23.2 Å². The Hall–Kier alpha value is -2.73. The molecule has 1 aliphatic carbocycles. The zero-order valence-corrected chi connectivity index (χ0v) is 23.2. The number of aromatic nitrogens is 3. The third-order valence-corrected chi connectivity index (χ3v) is 8.78. The molecule has 0 amide bonds. The van der Waals surface area contributed by atoms with Crippen molar-refractivity contribution in [3.05, 3.63) is 61.3 Å². The normalized spacial score (nSPS) is 17.6. The third kappa shape index (κ3) is 5.66. The first kappa shape index (κ1) is 26.9. The fraction of sp³-hybridized carbons (Fsp3) is 0.462. The van der Waals surface area contributed by atoms with E-state index in [1.165, 1.54) is 4.88 Å². The zero-order chi connectivity index (χ0) is 26.9. The molecule has 202 valence electrons. The molecule has 3 heterocycles. The average molecular weight is 611 g/mol. The van der Waals surface area contributed by atoms with Gasteiger partial charge in [-0.25, -0.2) is 4.98 Å². The van der Waals surface area contributed by atoms with Crippen LogP contribution in [0.5, 0.6) is 0 Å². The van der Waals surface area contributed by atoms with E-state index < -0.39 is 11.9 Å². The number of hydrogen-bond acceptors (Lipinski definition) is 7. The standard InChI is InChI=1S/C26H27BrF3N5O2S/c1-16-23(24(26(28,29)30)32-35(16)13-14-36)34-11-9-18(10-12-34)25-31-22-20(3-2-4-21(22)38-25)33-37-15-17-5-7-19(27)8-6-17/h5-8,14,18H,2-4,9-13,15H2,1H3. The summed E-state index contributed by atoms with van der Waals surface area (Å²) in [6.07, 6.45) is 0.0835. The number of hydrogen-bond donors (Lipinski definition) is 0. The number of piperidine rings is 1. The number of fused-ring (bicyclic) bond motifs is 1. The SMILES string of the molecule is Cc1c(N2CCC(c3nc4c(s3)CCCC4=NOCc3ccc(Br)cc3)CC2)c(C(F)(F)F)nn1CC=O. The maximum Gasteiger partial charge on any atom is 0.437 e. The molecule has 1 saturated heterocycles. The molecule has 12 heteroatoms. The van der Waals surface area contributed by atoms with Crippen molar-refractivity contribution in [1.29, 1.82) is 0 Å². The summed E-state index contributed by atoms with van der Waals surface area (Å²) in [5.74, 6) is 0.173. The van der Waals surface area contributed by atoms with Crippen molar-refractivity contribution in [2.24, 2.45) is 5.16 Å². The Morgan fingerprint density at radius 3 is 2.63 bits per heavy atom. The number of anilines is 1. The molecule has 0 atom stereocenters. The zero-order valence-electron chi connectivity index (χ0n) is 20.8. The second-order valence-electron chi connectivity index (χ2n) is 9.51. The van der Waals surface area contributed by atoms with Gasteiger partial charge >= 0.3 is 6.18 Å². The van der Waals surface area contributed by atoms with Gasteiger partial charge in [-0.1, -0.05) is 33.2 Å². The van der Waals surface area contributed by atoms with Gasteiger partial charge in [0.25, 0.3) is 0 Å². The van der Waals surface area contributed by atoms with Crippen LogP contribution < -0.4 is 4.90 Å². The lowest BCUT2D eigenvalue weighted by Gasteiger charge is -2.33. The van der Waals surface area contributed by atoms with E-state index in [-0.39, 0.29) is 18.2 Å². The molecule has 1 fully saturated rings. The first-order valence-corrected chi connectivity index (χ1v) is 14.1. The molecule has 0 radical (unpaired) electrons. The van der Waals surface area contributed by atoms with E-state index in [0.717, 1.165) is 50.4 Å². The maximum absolute atomic E-state index is 13.7. The number of carbonyl (C=O) groups excluding carboxylic acids is 1. The van der Waals surface area contributed by atoms with Crippen LogP contribution >= 0.6 is 27.3 Å². The van der Waals surface area contributed by atoms with Crippen LogP contribution in [0, 0.1) is 6.92 Å². The molecular weight excluding hydrogens is 583 g/mol. The fourth-order valence-electron chi connectivity index (χ4n) is 5.03. The number of oxime groups is 1. The van der Waals surface area contributed by atoms with E-state index in [9.17, 15) is 18.0 Å². The highest BCUT2D eigenvalue weighted by Gasteiger charge is 2.41. The van der Waals surface area contributed by atoms with E-state index in [2.05, 4.69) is 26.2 Å². The van der Waals surface area contributed by atoms with Crippen molar-refractivity contribution in [2.75, 3.05) is 18.0 Å². The number of nitrogens with zero attached hydrogens (tertiary/aromatic N) is 5. The summed E-state index contributed by atoms with van der Waals surface area (Å²) in [5.41, 5.74) is 2.30. The number of benzene rings is 1. The van der Waals surface area contributed by atoms with Crippen molar-refractivity contribution < 1.29 is 22.8 Å². The molecule has 2 aliphatic rings. The number of carbonyl (C=O) groups is 1. The number of halogens is 4. The first-order valence-electron chi connectivity index (χ1n) is 12.5. The van der Waals surface area contributed by atoms with Crippen molar-refractivity contribution in [3.8, 4) is 0 Å². The molecule has 5 rings (SSSR count). The third-order valence-electron chi connectivity index (χ3n) is 6.98. The minimum Gasteiger partial charge on any atom is -0.391 e. The van der Waals surface area contributed by atoms with Gasteiger partial charge in [-0.05, 0) is 56.7 Å². The van der Waals surface area contributed by atoms with Gasteiger partial charge in [0, 0.05) is 28.4 Å². The smallest absolute Gasteiger partial charge is 0.391 e. The average Bonchev–Trinajstić information content (AvgIpc) is 3.48. The Morgan fingerprint density at radius 1 is 1.21 bits per heavy atom. The number of alkyl halides is 3. The lowest BCUT2D eigenvalue weighted by molar-refractivity contribution is -0.141. The van der Waals surface area contributed by atoms with Crippen molar-refractivity contribution in [3.63, 3.8) is 0 Å². The Bertz CT molecular complexity index is 1330. The van der Waals surface area contributed by atoms with Gasteiger partial charge in [-0.3, -0.25) is 4.68 Å². The van der Waals surface area contributed by atoms with Crippen LogP contribution in [0.15, 0.2) is 33.9 Å². The Balaban J connectivity index is 1.28. The summed E-state index contributed by atoms with van der Waals surface area (Å²) in [6.45, 7) is 2.69. The molecule has 0 unspecified atom stereocenters. The van der Waals surface area contributed by atoms with Crippen LogP contribution in [-0.4, -0.2) is 39.9 Å². The molecule has 2 aromatic heterocycles. The lowest BCUT2D eigenvalue weighted by Crippen LogP contribution is -2.34. The molecule has 0 bridgehead atoms. The number of aryl methyl sites for hydroxylation is 1. The highest BCUT2D eigenvalue weighted by molar-refractivity contribution is 9.10. The molecule has 1 aliphatic heterocycles. The minimum absolute atomic E-state index is 0.0774. The monoisotopic (exact) mass is 609 g/mol. The maximum atomic E-state index is 13.7. The second-order valence-corrected chi connectivity index (χ2v) is 11.5. The van der Waals surface area contributed by atoms with E-state index in [1.807, 2.05) is 24.3 Å². The van der Waals surface area contributed by atoms with E-state index in [4.69, 9.17) is 9.82 Å². The van der Waals surface area contributed by atoms with Crippen LogP contribution in [-0.2, 0) is 35.4 Å². The number of rotatable bonds is 7. The summed E-state index contributed by atoms with van der Waals surface area (Å²) < 4.78 is 43.3. The number of thiazole rings is 1. The van der Waals surface area contributed by atoms with Crippen LogP contribution in [0.25, 0.3) is 0 Å². The molecule has 0 spiro atoms. The summed E-state index contributed by atoms with van der Waals surface area (Å²) in [5, 5.41) is 9.13. The predicted octanol–water partition coefficient (Wildman–Crippen LogP) is 6.27. The largest absolute Gasteiger partial charge is 0.437 e. The second kappa shape index (κ2) is 11.2. The predicted molar refractivity (Wildman–Crippen MR) is 143 cm³/mol. The topological polar surface area (TPSA) is 72.6 Å². The summed E-state index contributed by atoms with van der Waals surface area (Å²) in [7, 11) is 0.